The van der Waals surface area contributed by atoms with Crippen LogP contribution in [0.25, 0.3) is 0 Å². The molecule has 0 radical (unpaired) electrons. The second-order valence-electron chi connectivity index (χ2n) is 8.10. The van der Waals surface area contributed by atoms with E-state index in [1.807, 2.05) is 39.5 Å². The van der Waals surface area contributed by atoms with Crippen LogP contribution < -0.4 is 5.32 Å². The molecule has 0 spiro atoms. The third kappa shape index (κ3) is 4.16. The number of anilines is 1. The second-order valence-corrected chi connectivity index (χ2v) is 8.10. The number of nitrogens with zero attached hydrogens (tertiary/aromatic N) is 1. The van der Waals surface area contributed by atoms with Crippen molar-refractivity contribution in [3.63, 3.8) is 0 Å². The Balaban J connectivity index is 2.09. The molecule has 1 aliphatic rings. The van der Waals surface area contributed by atoms with Crippen molar-refractivity contribution in [1.82, 2.24) is 4.90 Å². The molecule has 132 valence electrons. The van der Waals surface area contributed by atoms with Crippen molar-refractivity contribution in [2.75, 3.05) is 18.4 Å². The molecule has 24 heavy (non-hydrogen) atoms. The summed E-state index contributed by atoms with van der Waals surface area (Å²) in [6, 6.07) is 4.16. The standard InChI is InChI=1S/C20H30N2O2/c1-13-10-14(2)17(15(3)11-13)21-18(23)16-8-7-9-22(12-16)19(24)20(4,5)6/h10-11,16H,7-9,12H2,1-6H3,(H,21,23). The number of benzene rings is 1. The zero-order valence-electron chi connectivity index (χ0n) is 15.8. The van der Waals surface area contributed by atoms with Gasteiger partial charge in [-0.1, -0.05) is 38.5 Å². The number of rotatable bonds is 2. The van der Waals surface area contributed by atoms with Gasteiger partial charge in [-0.3, -0.25) is 9.59 Å². The van der Waals surface area contributed by atoms with E-state index < -0.39 is 5.41 Å². The minimum absolute atomic E-state index is 0.0245. The number of piperidine rings is 1. The van der Waals surface area contributed by atoms with Gasteiger partial charge in [0, 0.05) is 24.2 Å². The average molecular weight is 330 g/mol. The highest BCUT2D eigenvalue weighted by molar-refractivity contribution is 5.94. The fourth-order valence-electron chi connectivity index (χ4n) is 3.45. The molecule has 1 atom stereocenters. The maximum atomic E-state index is 12.7. The van der Waals surface area contributed by atoms with Crippen LogP contribution in [0.4, 0.5) is 5.69 Å². The zero-order valence-corrected chi connectivity index (χ0v) is 15.8. The van der Waals surface area contributed by atoms with Crippen LogP contribution in [0, 0.1) is 32.1 Å². The van der Waals surface area contributed by atoms with Crippen molar-refractivity contribution in [1.29, 1.82) is 0 Å². The number of likely N-dealkylation sites (tertiary alicyclic amines) is 1. The van der Waals surface area contributed by atoms with E-state index in [-0.39, 0.29) is 17.7 Å². The highest BCUT2D eigenvalue weighted by Gasteiger charge is 2.33. The van der Waals surface area contributed by atoms with E-state index in [1.165, 1.54) is 5.56 Å². The summed E-state index contributed by atoms with van der Waals surface area (Å²) in [7, 11) is 0. The van der Waals surface area contributed by atoms with Crippen LogP contribution in [0.5, 0.6) is 0 Å². The van der Waals surface area contributed by atoms with Crippen LogP contribution in [0.1, 0.15) is 50.3 Å². The van der Waals surface area contributed by atoms with E-state index in [0.29, 0.717) is 6.54 Å². The Morgan fingerprint density at radius 1 is 1.12 bits per heavy atom. The maximum absolute atomic E-state index is 12.7. The van der Waals surface area contributed by atoms with E-state index in [1.54, 1.807) is 0 Å². The van der Waals surface area contributed by atoms with E-state index in [2.05, 4.69) is 24.4 Å². The SMILES string of the molecule is Cc1cc(C)c(NC(=O)C2CCCN(C(=O)C(C)(C)C)C2)c(C)c1. The van der Waals surface area contributed by atoms with Crippen molar-refractivity contribution in [3.8, 4) is 0 Å². The minimum atomic E-state index is -0.400. The van der Waals surface area contributed by atoms with Gasteiger partial charge in [-0.15, -0.1) is 0 Å². The summed E-state index contributed by atoms with van der Waals surface area (Å²) < 4.78 is 0. The van der Waals surface area contributed by atoms with Crippen LogP contribution >= 0.6 is 0 Å². The van der Waals surface area contributed by atoms with Gasteiger partial charge in [0.15, 0.2) is 0 Å². The first-order valence-electron chi connectivity index (χ1n) is 8.77. The van der Waals surface area contributed by atoms with Gasteiger partial charge in [-0.25, -0.2) is 0 Å². The van der Waals surface area contributed by atoms with Crippen molar-refractivity contribution >= 4 is 17.5 Å². The quantitative estimate of drug-likeness (QED) is 0.896. The maximum Gasteiger partial charge on any atom is 0.229 e. The minimum Gasteiger partial charge on any atom is -0.341 e. The molecular formula is C20H30N2O2. The summed E-state index contributed by atoms with van der Waals surface area (Å²) >= 11 is 0. The molecule has 4 nitrogen and oxygen atoms in total. The van der Waals surface area contributed by atoms with Crippen molar-refractivity contribution < 1.29 is 9.59 Å². The number of nitrogens with one attached hydrogen (secondary N) is 1. The highest BCUT2D eigenvalue weighted by atomic mass is 16.2. The Morgan fingerprint density at radius 2 is 1.71 bits per heavy atom. The summed E-state index contributed by atoms with van der Waals surface area (Å²) in [6.45, 7) is 13.2. The predicted molar refractivity (Wildman–Crippen MR) is 98.0 cm³/mol. The van der Waals surface area contributed by atoms with Gasteiger partial charge in [0.2, 0.25) is 11.8 Å². The third-order valence-corrected chi connectivity index (χ3v) is 4.65. The molecule has 1 saturated heterocycles. The lowest BCUT2D eigenvalue weighted by atomic mass is 9.90. The summed E-state index contributed by atoms with van der Waals surface area (Å²) in [5.74, 6) is 0.0179. The number of aryl methyl sites for hydroxylation is 3. The molecule has 1 heterocycles. The van der Waals surface area contributed by atoms with Gasteiger partial charge in [-0.2, -0.15) is 0 Å². The topological polar surface area (TPSA) is 49.4 Å². The second kappa shape index (κ2) is 6.96. The summed E-state index contributed by atoms with van der Waals surface area (Å²) in [5.41, 5.74) is 3.87. The number of carbonyl (C=O) groups excluding carboxylic acids is 2. The lowest BCUT2D eigenvalue weighted by molar-refractivity contribution is -0.142. The summed E-state index contributed by atoms with van der Waals surface area (Å²) in [5, 5.41) is 3.10. The number of hydrogen-bond acceptors (Lipinski definition) is 2. The van der Waals surface area contributed by atoms with Crippen LogP contribution in [-0.4, -0.2) is 29.8 Å². The van der Waals surface area contributed by atoms with Crippen LogP contribution in [-0.2, 0) is 9.59 Å². The Kier molecular flexibility index (Phi) is 5.36. The van der Waals surface area contributed by atoms with Gasteiger partial charge in [0.25, 0.3) is 0 Å². The number of hydrogen-bond donors (Lipinski definition) is 1. The van der Waals surface area contributed by atoms with Crippen molar-refractivity contribution in [3.05, 3.63) is 28.8 Å². The molecule has 1 fully saturated rings. The van der Waals surface area contributed by atoms with Gasteiger partial charge >= 0.3 is 0 Å². The molecule has 0 bridgehead atoms. The van der Waals surface area contributed by atoms with Gasteiger partial charge < -0.3 is 10.2 Å². The molecule has 1 aromatic carbocycles. The van der Waals surface area contributed by atoms with E-state index in [4.69, 9.17) is 0 Å². The van der Waals surface area contributed by atoms with Crippen LogP contribution in [0.15, 0.2) is 12.1 Å². The van der Waals surface area contributed by atoms with Crippen LogP contribution in [0.3, 0.4) is 0 Å². The van der Waals surface area contributed by atoms with E-state index in [0.717, 1.165) is 36.2 Å². The Hall–Kier alpha value is -1.84. The van der Waals surface area contributed by atoms with Gasteiger partial charge in [0.05, 0.1) is 5.92 Å². The first kappa shape index (κ1) is 18.5. The zero-order chi connectivity index (χ0) is 18.1. The molecule has 2 amide bonds. The number of amides is 2. The molecule has 2 rings (SSSR count). The fourth-order valence-corrected chi connectivity index (χ4v) is 3.45. The molecular weight excluding hydrogens is 300 g/mol. The summed E-state index contributed by atoms with van der Waals surface area (Å²) in [4.78, 5) is 27.1. The molecule has 0 aromatic heterocycles. The lowest BCUT2D eigenvalue weighted by Gasteiger charge is -2.36. The normalized spacial score (nSPS) is 18.4. The summed E-state index contributed by atoms with van der Waals surface area (Å²) in [6.07, 6.45) is 1.72. The Bertz CT molecular complexity index is 621. The number of carbonyl (C=O) groups is 2. The largest absolute Gasteiger partial charge is 0.341 e. The van der Waals surface area contributed by atoms with E-state index >= 15 is 0 Å². The molecule has 4 heteroatoms. The fraction of sp³-hybridized carbons (Fsp3) is 0.600. The first-order chi connectivity index (χ1) is 11.1. The highest BCUT2D eigenvalue weighted by Crippen LogP contribution is 2.26. The van der Waals surface area contributed by atoms with Crippen molar-refractivity contribution in [2.24, 2.45) is 11.3 Å². The predicted octanol–water partition coefficient (Wildman–Crippen LogP) is 3.84. The van der Waals surface area contributed by atoms with E-state index in [9.17, 15) is 9.59 Å². The monoisotopic (exact) mass is 330 g/mol. The Labute approximate surface area is 145 Å². The average Bonchev–Trinajstić information content (AvgIpc) is 2.49. The van der Waals surface area contributed by atoms with Gasteiger partial charge in [-0.05, 0) is 44.7 Å². The molecule has 1 unspecified atom stereocenters. The van der Waals surface area contributed by atoms with Gasteiger partial charge in [0.1, 0.15) is 0 Å². The Morgan fingerprint density at radius 3 is 2.25 bits per heavy atom. The third-order valence-electron chi connectivity index (χ3n) is 4.65. The smallest absolute Gasteiger partial charge is 0.229 e. The van der Waals surface area contributed by atoms with Crippen LogP contribution in [0.2, 0.25) is 0 Å². The molecule has 0 saturated carbocycles. The first-order valence-corrected chi connectivity index (χ1v) is 8.77. The lowest BCUT2D eigenvalue weighted by Crippen LogP contribution is -2.47. The molecule has 0 aliphatic carbocycles. The van der Waals surface area contributed by atoms with Crippen molar-refractivity contribution in [2.45, 2.75) is 54.4 Å². The molecule has 1 N–H and O–H groups in total. The molecule has 1 aliphatic heterocycles. The molecule has 1 aromatic rings.